The molecule has 0 spiro atoms. The van der Waals surface area contributed by atoms with Crippen LogP contribution in [0.3, 0.4) is 0 Å². The molecule has 2 aromatic carbocycles. The summed E-state index contributed by atoms with van der Waals surface area (Å²) in [6, 6.07) is 14.7. The Labute approximate surface area is 137 Å². The fraction of sp³-hybridized carbons (Fsp3) is 0.350. The number of hydrogen-bond donors (Lipinski definition) is 1. The van der Waals surface area contributed by atoms with Gasteiger partial charge in [0.2, 0.25) is 0 Å². The lowest BCUT2D eigenvalue weighted by Crippen LogP contribution is -2.18. The van der Waals surface area contributed by atoms with Gasteiger partial charge in [0.1, 0.15) is 11.5 Å². The maximum atomic E-state index is 11.9. The van der Waals surface area contributed by atoms with Gasteiger partial charge in [0, 0.05) is 6.42 Å². The van der Waals surface area contributed by atoms with Gasteiger partial charge in [0.15, 0.2) is 0 Å². The molecule has 0 aliphatic rings. The highest BCUT2D eigenvalue weighted by Gasteiger charge is 2.20. The van der Waals surface area contributed by atoms with E-state index in [-0.39, 0.29) is 17.1 Å². The van der Waals surface area contributed by atoms with Crippen LogP contribution in [0.5, 0.6) is 11.5 Å². The SMILES string of the molecule is Cc1ccc(OC(=O)CCCC(C)(C)c2ccc(O)cc2)cc1. The fourth-order valence-electron chi connectivity index (χ4n) is 2.52. The standard InChI is InChI=1S/C20H24O3/c1-15-6-12-18(13-7-15)23-19(22)5-4-14-20(2,3)16-8-10-17(21)11-9-16/h6-13,21H,4-5,14H2,1-3H3. The molecule has 1 N–H and O–H groups in total. The summed E-state index contributed by atoms with van der Waals surface area (Å²) < 4.78 is 5.33. The van der Waals surface area contributed by atoms with E-state index in [1.165, 1.54) is 0 Å². The van der Waals surface area contributed by atoms with E-state index in [2.05, 4.69) is 13.8 Å². The first-order chi connectivity index (χ1) is 10.9. The molecule has 0 atom stereocenters. The summed E-state index contributed by atoms with van der Waals surface area (Å²) in [7, 11) is 0. The van der Waals surface area contributed by atoms with Crippen LogP contribution in [0, 0.1) is 6.92 Å². The average molecular weight is 312 g/mol. The van der Waals surface area contributed by atoms with Crippen LogP contribution in [0.25, 0.3) is 0 Å². The number of rotatable bonds is 6. The molecule has 0 radical (unpaired) electrons. The van der Waals surface area contributed by atoms with E-state index in [0.717, 1.165) is 24.0 Å². The summed E-state index contributed by atoms with van der Waals surface area (Å²) in [6.07, 6.45) is 2.04. The molecular formula is C20H24O3. The van der Waals surface area contributed by atoms with Crippen molar-refractivity contribution in [1.29, 1.82) is 0 Å². The highest BCUT2D eigenvalue weighted by Crippen LogP contribution is 2.30. The molecule has 0 amide bonds. The molecule has 0 heterocycles. The summed E-state index contributed by atoms with van der Waals surface area (Å²) in [5, 5.41) is 9.37. The molecular weight excluding hydrogens is 288 g/mol. The van der Waals surface area contributed by atoms with Gasteiger partial charge in [-0.05, 0) is 55.0 Å². The van der Waals surface area contributed by atoms with E-state index in [1.54, 1.807) is 12.1 Å². The number of phenolic OH excluding ortho intramolecular Hbond substituents is 1. The Hall–Kier alpha value is -2.29. The predicted molar refractivity (Wildman–Crippen MR) is 91.8 cm³/mol. The molecule has 2 rings (SSSR count). The minimum atomic E-state index is -0.199. The molecule has 0 saturated heterocycles. The van der Waals surface area contributed by atoms with Crippen LogP contribution in [0.2, 0.25) is 0 Å². The zero-order valence-corrected chi connectivity index (χ0v) is 14.0. The van der Waals surface area contributed by atoms with Gasteiger partial charge < -0.3 is 9.84 Å². The zero-order valence-electron chi connectivity index (χ0n) is 14.0. The number of carbonyl (C=O) groups is 1. The van der Waals surface area contributed by atoms with Crippen LogP contribution in [0.1, 0.15) is 44.2 Å². The third-order valence-corrected chi connectivity index (χ3v) is 4.08. The molecule has 2 aromatic rings. The Morgan fingerprint density at radius 2 is 1.65 bits per heavy atom. The van der Waals surface area contributed by atoms with Gasteiger partial charge in [-0.3, -0.25) is 4.79 Å². The van der Waals surface area contributed by atoms with Gasteiger partial charge in [-0.2, -0.15) is 0 Å². The average Bonchev–Trinajstić information content (AvgIpc) is 2.50. The second-order valence-electron chi connectivity index (χ2n) is 6.57. The second kappa shape index (κ2) is 7.32. The number of aromatic hydroxyl groups is 1. The van der Waals surface area contributed by atoms with Crippen LogP contribution in [-0.4, -0.2) is 11.1 Å². The summed E-state index contributed by atoms with van der Waals surface area (Å²) in [5.41, 5.74) is 2.25. The van der Waals surface area contributed by atoms with E-state index in [9.17, 15) is 9.90 Å². The zero-order chi connectivity index (χ0) is 16.9. The molecule has 3 nitrogen and oxygen atoms in total. The summed E-state index contributed by atoms with van der Waals surface area (Å²) in [6.45, 7) is 6.28. The van der Waals surface area contributed by atoms with Gasteiger partial charge >= 0.3 is 5.97 Å². The molecule has 0 aromatic heterocycles. The molecule has 0 saturated carbocycles. The first-order valence-corrected chi connectivity index (χ1v) is 7.94. The van der Waals surface area contributed by atoms with Crippen molar-refractivity contribution in [2.75, 3.05) is 0 Å². The van der Waals surface area contributed by atoms with Gasteiger partial charge in [-0.25, -0.2) is 0 Å². The Bertz CT molecular complexity index is 640. The molecule has 23 heavy (non-hydrogen) atoms. The molecule has 3 heteroatoms. The highest BCUT2D eigenvalue weighted by atomic mass is 16.5. The van der Waals surface area contributed by atoms with Crippen molar-refractivity contribution in [3.05, 3.63) is 59.7 Å². The molecule has 0 bridgehead atoms. The number of carbonyl (C=O) groups excluding carboxylic acids is 1. The van der Waals surface area contributed by atoms with Gasteiger partial charge in [0.25, 0.3) is 0 Å². The number of phenols is 1. The second-order valence-corrected chi connectivity index (χ2v) is 6.57. The van der Waals surface area contributed by atoms with Gasteiger partial charge in [-0.1, -0.05) is 43.7 Å². The number of ether oxygens (including phenoxy) is 1. The van der Waals surface area contributed by atoms with Crippen molar-refractivity contribution in [2.24, 2.45) is 0 Å². The minimum absolute atomic E-state index is 0.0438. The summed E-state index contributed by atoms with van der Waals surface area (Å²) in [4.78, 5) is 11.9. The topological polar surface area (TPSA) is 46.5 Å². The normalized spacial score (nSPS) is 11.3. The van der Waals surface area contributed by atoms with Crippen LogP contribution < -0.4 is 4.74 Å². The molecule has 0 unspecified atom stereocenters. The van der Waals surface area contributed by atoms with Crippen LogP contribution >= 0.6 is 0 Å². The Morgan fingerprint density at radius 1 is 1.04 bits per heavy atom. The van der Waals surface area contributed by atoms with E-state index in [4.69, 9.17) is 4.74 Å². The summed E-state index contributed by atoms with van der Waals surface area (Å²) >= 11 is 0. The lowest BCUT2D eigenvalue weighted by molar-refractivity contribution is -0.134. The Morgan fingerprint density at radius 3 is 2.26 bits per heavy atom. The monoisotopic (exact) mass is 312 g/mol. The van der Waals surface area contributed by atoms with Crippen molar-refractivity contribution < 1.29 is 14.6 Å². The Kier molecular flexibility index (Phi) is 5.43. The minimum Gasteiger partial charge on any atom is -0.508 e. The van der Waals surface area contributed by atoms with Crippen LogP contribution in [-0.2, 0) is 10.2 Å². The molecule has 0 aliphatic heterocycles. The van der Waals surface area contributed by atoms with Crippen molar-refractivity contribution in [3.63, 3.8) is 0 Å². The number of benzene rings is 2. The lowest BCUT2D eigenvalue weighted by Gasteiger charge is -2.25. The van der Waals surface area contributed by atoms with Crippen molar-refractivity contribution in [1.82, 2.24) is 0 Å². The van der Waals surface area contributed by atoms with Crippen LogP contribution in [0.4, 0.5) is 0 Å². The molecule has 0 fully saturated rings. The van der Waals surface area contributed by atoms with E-state index < -0.39 is 0 Å². The molecule has 0 aliphatic carbocycles. The van der Waals surface area contributed by atoms with E-state index >= 15 is 0 Å². The fourth-order valence-corrected chi connectivity index (χ4v) is 2.52. The van der Waals surface area contributed by atoms with Crippen molar-refractivity contribution in [3.8, 4) is 11.5 Å². The van der Waals surface area contributed by atoms with Crippen molar-refractivity contribution in [2.45, 2.75) is 45.4 Å². The number of esters is 1. The van der Waals surface area contributed by atoms with Gasteiger partial charge in [-0.15, -0.1) is 0 Å². The largest absolute Gasteiger partial charge is 0.508 e. The summed E-state index contributed by atoms with van der Waals surface area (Å²) in [5.74, 6) is 0.667. The predicted octanol–water partition coefficient (Wildman–Crippen LogP) is 4.75. The number of aryl methyl sites for hydroxylation is 1. The number of hydrogen-bond acceptors (Lipinski definition) is 3. The molecule has 122 valence electrons. The van der Waals surface area contributed by atoms with E-state index in [0.29, 0.717) is 12.2 Å². The maximum Gasteiger partial charge on any atom is 0.311 e. The van der Waals surface area contributed by atoms with Crippen molar-refractivity contribution >= 4 is 5.97 Å². The first kappa shape index (κ1) is 17.1. The quantitative estimate of drug-likeness (QED) is 0.618. The first-order valence-electron chi connectivity index (χ1n) is 7.94. The van der Waals surface area contributed by atoms with E-state index in [1.807, 2.05) is 43.3 Å². The van der Waals surface area contributed by atoms with Crippen LogP contribution in [0.15, 0.2) is 48.5 Å². The third-order valence-electron chi connectivity index (χ3n) is 4.08. The third kappa shape index (κ3) is 5.13. The van der Waals surface area contributed by atoms with Gasteiger partial charge in [0.05, 0.1) is 0 Å². The Balaban J connectivity index is 1.82. The lowest BCUT2D eigenvalue weighted by atomic mass is 9.80. The highest BCUT2D eigenvalue weighted by molar-refractivity contribution is 5.72. The smallest absolute Gasteiger partial charge is 0.311 e. The maximum absolute atomic E-state index is 11.9.